The van der Waals surface area contributed by atoms with Crippen LogP contribution in [0.1, 0.15) is 102 Å². The van der Waals surface area contributed by atoms with Crippen LogP contribution in [0.5, 0.6) is 11.5 Å². The summed E-state index contributed by atoms with van der Waals surface area (Å²) in [5, 5.41) is 7.05. The van der Waals surface area contributed by atoms with Gasteiger partial charge in [0.1, 0.15) is 11.5 Å². The topological polar surface area (TPSA) is 76.7 Å². The number of carbonyl (C=O) groups is 2. The van der Waals surface area contributed by atoms with Gasteiger partial charge in [0.05, 0.1) is 13.2 Å². The summed E-state index contributed by atoms with van der Waals surface area (Å²) in [7, 11) is 0. The summed E-state index contributed by atoms with van der Waals surface area (Å²) in [5.41, 5.74) is 1.26. The van der Waals surface area contributed by atoms with Crippen LogP contribution in [0.4, 0.5) is 0 Å². The number of rotatable bonds is 17. The van der Waals surface area contributed by atoms with Crippen molar-refractivity contribution in [3.05, 3.63) is 59.7 Å². The highest BCUT2D eigenvalue weighted by Crippen LogP contribution is 2.23. The predicted molar refractivity (Wildman–Crippen MR) is 165 cm³/mol. The Morgan fingerprint density at radius 1 is 0.625 bits per heavy atom. The second kappa shape index (κ2) is 15.9. The number of hydrogen-bond acceptors (Lipinski definition) is 6. The van der Waals surface area contributed by atoms with E-state index in [0.717, 1.165) is 37.2 Å². The van der Waals surface area contributed by atoms with Gasteiger partial charge in [0.15, 0.2) is 11.6 Å². The van der Waals surface area contributed by atoms with Crippen LogP contribution in [0, 0.1) is 11.8 Å². The largest absolute Gasteiger partial charge is 0.494 e. The Morgan fingerprint density at radius 3 is 1.23 bits per heavy atom. The number of unbranched alkanes of at least 4 members (excludes halogenated alkanes) is 1. The molecule has 6 heteroatoms. The smallest absolute Gasteiger partial charge is 0.167 e. The SMILES string of the molecule is CCOc1ccc(C(=O)C(CCCCC(CNC(C)(C)C)C(=O)c2ccc(OCC)cc2)CNC(C)(C)C)cc1. The number of nitrogens with one attached hydrogen (secondary N) is 2. The molecule has 0 amide bonds. The molecule has 0 heterocycles. The summed E-state index contributed by atoms with van der Waals surface area (Å²) in [6.45, 7) is 19.0. The average molecular weight is 553 g/mol. The minimum atomic E-state index is -0.134. The normalized spacial score (nSPS) is 13.5. The van der Waals surface area contributed by atoms with Gasteiger partial charge >= 0.3 is 0 Å². The molecule has 2 aromatic carbocycles. The Hall–Kier alpha value is -2.70. The third-order valence-corrected chi connectivity index (χ3v) is 6.75. The van der Waals surface area contributed by atoms with Crippen molar-refractivity contribution in [1.29, 1.82) is 0 Å². The van der Waals surface area contributed by atoms with Gasteiger partial charge in [-0.15, -0.1) is 0 Å². The van der Waals surface area contributed by atoms with E-state index in [0.29, 0.717) is 37.4 Å². The fraction of sp³-hybridized carbons (Fsp3) is 0.588. The molecule has 2 aromatic rings. The van der Waals surface area contributed by atoms with Crippen LogP contribution in [0.15, 0.2) is 48.5 Å². The summed E-state index contributed by atoms with van der Waals surface area (Å²) in [4.78, 5) is 27.0. The lowest BCUT2D eigenvalue weighted by Gasteiger charge is -2.26. The Balaban J connectivity index is 2.07. The maximum Gasteiger partial charge on any atom is 0.167 e. The Kier molecular flexibility index (Phi) is 13.3. The number of carbonyl (C=O) groups excluding carboxylic acids is 2. The molecule has 0 radical (unpaired) electrons. The molecule has 2 unspecified atom stereocenters. The van der Waals surface area contributed by atoms with E-state index >= 15 is 0 Å². The third-order valence-electron chi connectivity index (χ3n) is 6.75. The molecule has 0 fully saturated rings. The fourth-order valence-corrected chi connectivity index (χ4v) is 4.53. The number of Topliss-reactive ketones (excluding diaryl/α,β-unsaturated/α-hetero) is 2. The summed E-state index contributed by atoms with van der Waals surface area (Å²) >= 11 is 0. The van der Waals surface area contributed by atoms with E-state index in [-0.39, 0.29) is 34.5 Å². The molecule has 0 saturated carbocycles. The zero-order chi connectivity index (χ0) is 29.8. The van der Waals surface area contributed by atoms with Crippen molar-refractivity contribution in [2.45, 2.75) is 92.2 Å². The van der Waals surface area contributed by atoms with Gasteiger partial charge in [0.25, 0.3) is 0 Å². The summed E-state index contributed by atoms with van der Waals surface area (Å²) in [5.74, 6) is 1.58. The highest BCUT2D eigenvalue weighted by Gasteiger charge is 2.25. The monoisotopic (exact) mass is 552 g/mol. The Labute approximate surface area is 242 Å². The van der Waals surface area contributed by atoms with E-state index in [1.165, 1.54) is 0 Å². The van der Waals surface area contributed by atoms with Gasteiger partial charge in [-0.25, -0.2) is 0 Å². The van der Waals surface area contributed by atoms with Crippen molar-refractivity contribution in [3.63, 3.8) is 0 Å². The molecule has 6 nitrogen and oxygen atoms in total. The second-order valence-corrected chi connectivity index (χ2v) is 12.6. The van der Waals surface area contributed by atoms with E-state index in [2.05, 4.69) is 52.2 Å². The molecular weight excluding hydrogens is 500 g/mol. The average Bonchev–Trinajstić information content (AvgIpc) is 2.89. The molecule has 0 aliphatic rings. The second-order valence-electron chi connectivity index (χ2n) is 12.6. The van der Waals surface area contributed by atoms with Crippen LogP contribution in [-0.2, 0) is 0 Å². The molecular formula is C34H52N2O4. The molecule has 0 aliphatic carbocycles. The van der Waals surface area contributed by atoms with Crippen molar-refractivity contribution >= 4 is 11.6 Å². The van der Waals surface area contributed by atoms with E-state index in [1.54, 1.807) is 0 Å². The van der Waals surface area contributed by atoms with E-state index < -0.39 is 0 Å². The molecule has 2 N–H and O–H groups in total. The van der Waals surface area contributed by atoms with Crippen LogP contribution in [0.3, 0.4) is 0 Å². The minimum Gasteiger partial charge on any atom is -0.494 e. The van der Waals surface area contributed by atoms with Crippen LogP contribution < -0.4 is 20.1 Å². The van der Waals surface area contributed by atoms with Gasteiger partial charge in [0, 0.05) is 47.1 Å². The first-order valence-electron chi connectivity index (χ1n) is 14.9. The molecule has 2 rings (SSSR count). The molecule has 0 bridgehead atoms. The van der Waals surface area contributed by atoms with Crippen LogP contribution in [0.25, 0.3) is 0 Å². The van der Waals surface area contributed by atoms with Crippen LogP contribution >= 0.6 is 0 Å². The third kappa shape index (κ3) is 12.2. The lowest BCUT2D eigenvalue weighted by molar-refractivity contribution is 0.0886. The van der Waals surface area contributed by atoms with E-state index in [4.69, 9.17) is 9.47 Å². The summed E-state index contributed by atoms with van der Waals surface area (Å²) < 4.78 is 11.1. The maximum absolute atomic E-state index is 13.5. The standard InChI is InChI=1S/C34H52N2O4/c1-9-39-29-19-15-25(16-20-29)31(37)27(23-35-33(3,4)5)13-11-12-14-28(24-36-34(6,7)8)32(38)26-17-21-30(22-18-26)40-10-2/h15-22,27-28,35-36H,9-14,23-24H2,1-8H3. The van der Waals surface area contributed by atoms with Gasteiger partial charge in [-0.3, -0.25) is 9.59 Å². The maximum atomic E-state index is 13.5. The van der Waals surface area contributed by atoms with Gasteiger partial charge in [-0.1, -0.05) is 12.8 Å². The number of benzene rings is 2. The lowest BCUT2D eigenvalue weighted by Crippen LogP contribution is -2.41. The van der Waals surface area contributed by atoms with Crippen molar-refractivity contribution in [3.8, 4) is 11.5 Å². The molecule has 40 heavy (non-hydrogen) atoms. The minimum absolute atomic E-state index is 0.0782. The summed E-state index contributed by atoms with van der Waals surface area (Å²) in [6, 6.07) is 14.9. The molecule has 222 valence electrons. The first-order valence-corrected chi connectivity index (χ1v) is 14.9. The molecule has 0 saturated heterocycles. The highest BCUT2D eigenvalue weighted by molar-refractivity contribution is 5.98. The van der Waals surface area contributed by atoms with Crippen molar-refractivity contribution < 1.29 is 19.1 Å². The molecule has 0 spiro atoms. The molecule has 0 aliphatic heterocycles. The Morgan fingerprint density at radius 2 is 0.950 bits per heavy atom. The lowest BCUT2D eigenvalue weighted by atomic mass is 9.88. The number of ether oxygens (including phenoxy) is 2. The highest BCUT2D eigenvalue weighted by atomic mass is 16.5. The van der Waals surface area contributed by atoms with Crippen molar-refractivity contribution in [2.75, 3.05) is 26.3 Å². The van der Waals surface area contributed by atoms with Gasteiger partial charge < -0.3 is 20.1 Å². The first kappa shape index (κ1) is 33.5. The van der Waals surface area contributed by atoms with Crippen LogP contribution in [0.2, 0.25) is 0 Å². The van der Waals surface area contributed by atoms with Crippen molar-refractivity contribution in [1.82, 2.24) is 10.6 Å². The zero-order valence-electron chi connectivity index (χ0n) is 26.1. The van der Waals surface area contributed by atoms with Gasteiger partial charge in [0.2, 0.25) is 0 Å². The fourth-order valence-electron chi connectivity index (χ4n) is 4.53. The van der Waals surface area contributed by atoms with Gasteiger partial charge in [-0.2, -0.15) is 0 Å². The Bertz CT molecular complexity index is 948. The molecule has 0 aromatic heterocycles. The van der Waals surface area contributed by atoms with Crippen molar-refractivity contribution in [2.24, 2.45) is 11.8 Å². The summed E-state index contributed by atoms with van der Waals surface area (Å²) in [6.07, 6.45) is 3.29. The molecule has 2 atom stereocenters. The van der Waals surface area contributed by atoms with E-state index in [9.17, 15) is 9.59 Å². The van der Waals surface area contributed by atoms with E-state index in [1.807, 2.05) is 62.4 Å². The van der Waals surface area contributed by atoms with Crippen LogP contribution in [-0.4, -0.2) is 48.9 Å². The quantitative estimate of drug-likeness (QED) is 0.161. The van der Waals surface area contributed by atoms with Gasteiger partial charge in [-0.05, 0) is 117 Å². The number of ketones is 2. The predicted octanol–water partition coefficient (Wildman–Crippen LogP) is 7.12. The zero-order valence-corrected chi connectivity index (χ0v) is 26.1. The number of hydrogen-bond donors (Lipinski definition) is 2. The first-order chi connectivity index (χ1) is 18.8.